The standard InChI is InChI=1S/C21H31N3O4/c1-15(2)12-22(3)13-18(25)16-8-10-23(11-9-16)20(26)14-24-17-6-4-5-7-19(17)28-21(24)27/h4-7,15-16,18,25H,8-14H2,1-3H3. The van der Waals surface area contributed by atoms with E-state index in [4.69, 9.17) is 4.42 Å². The molecular formula is C21H31N3O4. The first-order valence-electron chi connectivity index (χ1n) is 10.1. The molecule has 7 nitrogen and oxygen atoms in total. The molecule has 3 rings (SSSR count). The van der Waals surface area contributed by atoms with Gasteiger partial charge in [0.15, 0.2) is 5.58 Å². The van der Waals surface area contributed by atoms with Crippen molar-refractivity contribution in [1.29, 1.82) is 0 Å². The number of aromatic nitrogens is 1. The molecule has 2 aromatic rings. The fourth-order valence-electron chi connectivity index (χ4n) is 4.10. The lowest BCUT2D eigenvalue weighted by Crippen LogP contribution is -2.45. The van der Waals surface area contributed by atoms with Crippen LogP contribution in [-0.4, -0.2) is 64.7 Å². The van der Waals surface area contributed by atoms with Gasteiger partial charge in [-0.2, -0.15) is 0 Å². The fraction of sp³-hybridized carbons (Fsp3) is 0.619. The van der Waals surface area contributed by atoms with Gasteiger partial charge in [-0.15, -0.1) is 0 Å². The highest BCUT2D eigenvalue weighted by Crippen LogP contribution is 2.22. The minimum absolute atomic E-state index is 0.0137. The molecule has 1 atom stereocenters. The number of para-hydroxylation sites is 2. The number of benzene rings is 1. The average Bonchev–Trinajstić information content (AvgIpc) is 2.96. The van der Waals surface area contributed by atoms with E-state index in [0.29, 0.717) is 36.7 Å². The molecule has 7 heteroatoms. The van der Waals surface area contributed by atoms with E-state index in [-0.39, 0.29) is 24.5 Å². The van der Waals surface area contributed by atoms with Crippen molar-refractivity contribution in [3.8, 4) is 0 Å². The fourth-order valence-corrected chi connectivity index (χ4v) is 4.10. The molecule has 1 aliphatic heterocycles. The zero-order valence-electron chi connectivity index (χ0n) is 17.0. The zero-order chi connectivity index (χ0) is 20.3. The van der Waals surface area contributed by atoms with Gasteiger partial charge in [0.1, 0.15) is 6.54 Å². The number of oxazole rings is 1. The summed E-state index contributed by atoms with van der Waals surface area (Å²) in [5, 5.41) is 10.5. The van der Waals surface area contributed by atoms with Crippen molar-refractivity contribution in [2.75, 3.05) is 33.2 Å². The molecule has 0 spiro atoms. The molecule has 154 valence electrons. The molecule has 28 heavy (non-hydrogen) atoms. The van der Waals surface area contributed by atoms with Crippen molar-refractivity contribution in [1.82, 2.24) is 14.4 Å². The molecule has 1 unspecified atom stereocenters. The lowest BCUT2D eigenvalue weighted by atomic mass is 9.90. The summed E-state index contributed by atoms with van der Waals surface area (Å²) in [6.45, 7) is 7.16. The number of aliphatic hydroxyl groups excluding tert-OH is 1. The predicted octanol–water partition coefficient (Wildman–Crippen LogP) is 1.78. The quantitative estimate of drug-likeness (QED) is 0.781. The van der Waals surface area contributed by atoms with E-state index in [2.05, 4.69) is 18.7 Å². The lowest BCUT2D eigenvalue weighted by Gasteiger charge is -2.35. The van der Waals surface area contributed by atoms with Crippen LogP contribution in [-0.2, 0) is 11.3 Å². The number of amides is 1. The molecule has 1 amide bonds. The normalized spacial score (nSPS) is 17.0. The van der Waals surface area contributed by atoms with Crippen molar-refractivity contribution in [3.63, 3.8) is 0 Å². The number of rotatable bonds is 7. The number of aliphatic hydroxyl groups is 1. The molecule has 1 aromatic heterocycles. The molecule has 2 heterocycles. The molecule has 0 aliphatic carbocycles. The maximum absolute atomic E-state index is 12.7. The number of hydrogen-bond donors (Lipinski definition) is 1. The Bertz CT molecular complexity index is 849. The number of carbonyl (C=O) groups excluding carboxylic acids is 1. The van der Waals surface area contributed by atoms with Crippen LogP contribution in [0.3, 0.4) is 0 Å². The van der Waals surface area contributed by atoms with Gasteiger partial charge in [0.2, 0.25) is 5.91 Å². The van der Waals surface area contributed by atoms with Gasteiger partial charge in [-0.1, -0.05) is 26.0 Å². The molecule has 1 fully saturated rings. The Morgan fingerprint density at radius 1 is 1.25 bits per heavy atom. The number of piperidine rings is 1. The van der Waals surface area contributed by atoms with Gasteiger partial charge in [0.05, 0.1) is 11.6 Å². The van der Waals surface area contributed by atoms with E-state index in [1.54, 1.807) is 23.1 Å². The van der Waals surface area contributed by atoms with Crippen LogP contribution < -0.4 is 5.76 Å². The zero-order valence-corrected chi connectivity index (χ0v) is 17.0. The third-order valence-electron chi connectivity index (χ3n) is 5.48. The monoisotopic (exact) mass is 389 g/mol. The van der Waals surface area contributed by atoms with Crippen LogP contribution in [0.1, 0.15) is 26.7 Å². The van der Waals surface area contributed by atoms with Gasteiger partial charge in [-0.25, -0.2) is 4.79 Å². The number of hydrogen-bond acceptors (Lipinski definition) is 5. The van der Waals surface area contributed by atoms with E-state index in [1.165, 1.54) is 4.57 Å². The summed E-state index contributed by atoms with van der Waals surface area (Å²) in [5.74, 6) is 0.182. The van der Waals surface area contributed by atoms with Crippen molar-refractivity contribution in [2.45, 2.75) is 39.3 Å². The Morgan fingerprint density at radius 2 is 1.93 bits per heavy atom. The Kier molecular flexibility index (Phi) is 6.57. The van der Waals surface area contributed by atoms with Gasteiger partial charge in [0, 0.05) is 26.2 Å². The minimum Gasteiger partial charge on any atom is -0.408 e. The molecular weight excluding hydrogens is 358 g/mol. The summed E-state index contributed by atoms with van der Waals surface area (Å²) < 4.78 is 6.59. The van der Waals surface area contributed by atoms with Crippen LogP contribution in [0.25, 0.3) is 11.1 Å². The van der Waals surface area contributed by atoms with Crippen LogP contribution >= 0.6 is 0 Å². The van der Waals surface area contributed by atoms with Crippen LogP contribution in [0.2, 0.25) is 0 Å². The molecule has 0 saturated carbocycles. The maximum Gasteiger partial charge on any atom is 0.420 e. The van der Waals surface area contributed by atoms with Gasteiger partial charge in [0.25, 0.3) is 0 Å². The van der Waals surface area contributed by atoms with E-state index in [0.717, 1.165) is 19.4 Å². The minimum atomic E-state index is -0.506. The second-order valence-corrected chi connectivity index (χ2v) is 8.32. The van der Waals surface area contributed by atoms with Crippen LogP contribution in [0.4, 0.5) is 0 Å². The molecule has 1 aliphatic rings. The highest BCUT2D eigenvalue weighted by atomic mass is 16.4. The number of nitrogens with zero attached hydrogens (tertiary/aromatic N) is 3. The van der Waals surface area contributed by atoms with E-state index in [9.17, 15) is 14.7 Å². The van der Waals surface area contributed by atoms with Crippen molar-refractivity contribution in [2.24, 2.45) is 11.8 Å². The summed E-state index contributed by atoms with van der Waals surface area (Å²) in [7, 11) is 2.04. The lowest BCUT2D eigenvalue weighted by molar-refractivity contribution is -0.134. The highest BCUT2D eigenvalue weighted by Gasteiger charge is 2.28. The summed E-state index contributed by atoms with van der Waals surface area (Å²) in [6.07, 6.45) is 1.19. The second-order valence-electron chi connectivity index (χ2n) is 8.32. The predicted molar refractivity (Wildman–Crippen MR) is 108 cm³/mol. The summed E-state index contributed by atoms with van der Waals surface area (Å²) in [4.78, 5) is 28.7. The summed E-state index contributed by atoms with van der Waals surface area (Å²) in [6, 6.07) is 7.12. The summed E-state index contributed by atoms with van der Waals surface area (Å²) >= 11 is 0. The molecule has 1 N–H and O–H groups in total. The van der Waals surface area contributed by atoms with Crippen molar-refractivity contribution < 1.29 is 14.3 Å². The van der Waals surface area contributed by atoms with Crippen LogP contribution in [0, 0.1) is 11.8 Å². The van der Waals surface area contributed by atoms with E-state index in [1.807, 2.05) is 13.1 Å². The average molecular weight is 389 g/mol. The van der Waals surface area contributed by atoms with Gasteiger partial charge in [-0.05, 0) is 43.9 Å². The van der Waals surface area contributed by atoms with Gasteiger partial charge in [-0.3, -0.25) is 9.36 Å². The summed E-state index contributed by atoms with van der Waals surface area (Å²) in [5.41, 5.74) is 1.13. The highest BCUT2D eigenvalue weighted by molar-refractivity contribution is 5.79. The van der Waals surface area contributed by atoms with Crippen LogP contribution in [0.15, 0.2) is 33.5 Å². The first kappa shape index (κ1) is 20.6. The smallest absolute Gasteiger partial charge is 0.408 e. The largest absolute Gasteiger partial charge is 0.420 e. The van der Waals surface area contributed by atoms with Crippen molar-refractivity contribution in [3.05, 3.63) is 34.8 Å². The number of likely N-dealkylation sites (N-methyl/N-ethyl adjacent to an activating group) is 1. The first-order chi connectivity index (χ1) is 13.3. The second kappa shape index (κ2) is 8.92. The maximum atomic E-state index is 12.7. The van der Waals surface area contributed by atoms with E-state index < -0.39 is 5.76 Å². The van der Waals surface area contributed by atoms with E-state index >= 15 is 0 Å². The molecule has 0 bridgehead atoms. The number of fused-ring (bicyclic) bond motifs is 1. The van der Waals surface area contributed by atoms with Gasteiger partial charge >= 0.3 is 5.76 Å². The third-order valence-corrected chi connectivity index (χ3v) is 5.48. The molecule has 0 radical (unpaired) electrons. The third kappa shape index (κ3) is 4.83. The topological polar surface area (TPSA) is 78.9 Å². The van der Waals surface area contributed by atoms with Crippen molar-refractivity contribution >= 4 is 17.0 Å². The van der Waals surface area contributed by atoms with Gasteiger partial charge < -0.3 is 19.3 Å². The number of likely N-dealkylation sites (tertiary alicyclic amines) is 1. The SMILES string of the molecule is CC(C)CN(C)CC(O)C1CCN(C(=O)Cn2c(=O)oc3ccccc32)CC1. The Hall–Kier alpha value is -2.12. The van der Waals surface area contributed by atoms with Crippen LogP contribution in [0.5, 0.6) is 0 Å². The molecule has 1 aromatic carbocycles. The Labute approximate surface area is 165 Å². The Morgan fingerprint density at radius 3 is 2.61 bits per heavy atom. The number of carbonyl (C=O) groups is 1. The first-order valence-corrected chi connectivity index (χ1v) is 10.1. The Balaban J connectivity index is 1.54. The molecule has 1 saturated heterocycles.